The van der Waals surface area contributed by atoms with E-state index in [0.717, 1.165) is 4.72 Å². The van der Waals surface area contributed by atoms with Gasteiger partial charge in [-0.1, -0.05) is 12.1 Å². The van der Waals surface area contributed by atoms with E-state index in [1.165, 1.54) is 20.8 Å². The number of amides is 1. The predicted octanol–water partition coefficient (Wildman–Crippen LogP) is 7.37. The van der Waals surface area contributed by atoms with Crippen molar-refractivity contribution in [2.75, 3.05) is 0 Å². The third-order valence-electron chi connectivity index (χ3n) is 4.85. The topological polar surface area (TPSA) is 72.5 Å². The fourth-order valence-corrected chi connectivity index (χ4v) is 3.59. The molecule has 0 spiro atoms. The van der Waals surface area contributed by atoms with Gasteiger partial charge in [0.25, 0.3) is 10.0 Å². The van der Waals surface area contributed by atoms with E-state index in [-0.39, 0.29) is 12.1 Å². The van der Waals surface area contributed by atoms with Crippen LogP contribution in [0.5, 0.6) is 0 Å². The van der Waals surface area contributed by atoms with E-state index in [4.69, 9.17) is 0 Å². The minimum Gasteiger partial charge on any atom is -0.443 e. The third-order valence-corrected chi connectivity index (χ3v) is 6.16. The number of sulfonamides is 1. The average molecular weight is 675 g/mol. The summed E-state index contributed by atoms with van der Waals surface area (Å²) in [7, 11) is -5.44. The largest absolute Gasteiger partial charge is 0.460 e. The van der Waals surface area contributed by atoms with E-state index in [9.17, 15) is 87.8 Å². The van der Waals surface area contributed by atoms with Gasteiger partial charge >= 0.3 is 53.7 Å². The zero-order chi connectivity index (χ0) is 34.0. The van der Waals surface area contributed by atoms with Crippen LogP contribution in [-0.2, 0) is 20.7 Å². The van der Waals surface area contributed by atoms with E-state index in [1.54, 1.807) is 0 Å². The van der Waals surface area contributed by atoms with E-state index in [0.29, 0.717) is 0 Å². The average Bonchev–Trinajstić information content (AvgIpc) is 2.75. The molecule has 1 aromatic carbocycles. The van der Waals surface area contributed by atoms with Crippen LogP contribution in [0, 0.1) is 0 Å². The molecular formula is C19H14F17NO4S. The summed E-state index contributed by atoms with van der Waals surface area (Å²) in [5.41, 5.74) is -4.17. The molecular weight excluding hydrogens is 661 g/mol. The first-order chi connectivity index (χ1) is 18.1. The lowest BCUT2D eigenvalue weighted by atomic mass is 9.87. The monoisotopic (exact) mass is 675 g/mol. The van der Waals surface area contributed by atoms with Crippen molar-refractivity contribution in [1.29, 1.82) is 0 Å². The van der Waals surface area contributed by atoms with Crippen molar-refractivity contribution in [1.82, 2.24) is 4.72 Å². The van der Waals surface area contributed by atoms with Crippen LogP contribution in [0.15, 0.2) is 29.2 Å². The van der Waals surface area contributed by atoms with E-state index >= 15 is 0 Å². The lowest BCUT2D eigenvalue weighted by Crippen LogP contribution is -2.74. The first kappa shape index (κ1) is 37.3. The molecule has 0 bridgehead atoms. The van der Waals surface area contributed by atoms with Gasteiger partial charge in [0.15, 0.2) is 0 Å². The highest BCUT2D eigenvalue weighted by Crippen LogP contribution is 2.65. The van der Waals surface area contributed by atoms with Crippen LogP contribution in [0.25, 0.3) is 0 Å². The first-order valence-electron chi connectivity index (χ1n) is 10.1. The summed E-state index contributed by atoms with van der Waals surface area (Å²) in [4.78, 5) is 9.92. The third kappa shape index (κ3) is 5.75. The van der Waals surface area contributed by atoms with Crippen LogP contribution >= 0.6 is 0 Å². The zero-order valence-electron chi connectivity index (χ0n) is 20.3. The quantitative estimate of drug-likeness (QED) is 0.278. The van der Waals surface area contributed by atoms with Crippen LogP contribution in [0.2, 0.25) is 0 Å². The van der Waals surface area contributed by atoms with E-state index < -0.39 is 91.9 Å². The number of benzene rings is 1. The molecule has 23 heteroatoms. The standard InChI is InChI=1S/C19H14F17NO4S/c1-11(2,3)41-10(38)37-42(39,40)9-6-4-5-8(7-9)12(20,21)13(22,23)14(24,25)15(26,27)16(28,29)17(30,31)18(32,33)19(34,35)36/h4-7H,1-3H3,(H,37,38). The summed E-state index contributed by atoms with van der Waals surface area (Å²) in [6, 6.07) is -0.907. The Morgan fingerprint density at radius 2 is 1.02 bits per heavy atom. The molecule has 1 N–H and O–H groups in total. The molecule has 0 aromatic heterocycles. The fourth-order valence-electron chi connectivity index (χ4n) is 2.67. The smallest absolute Gasteiger partial charge is 0.443 e. The number of carbonyl (C=O) groups excluding carboxylic acids is 1. The van der Waals surface area contributed by atoms with E-state index in [1.807, 2.05) is 0 Å². The van der Waals surface area contributed by atoms with Gasteiger partial charge < -0.3 is 4.74 Å². The number of rotatable bonds is 9. The Morgan fingerprint density at radius 1 is 0.643 bits per heavy atom. The first-order valence-corrected chi connectivity index (χ1v) is 11.6. The van der Waals surface area contributed by atoms with E-state index in [2.05, 4.69) is 4.74 Å². The Bertz CT molecular complexity index is 1280. The molecule has 5 nitrogen and oxygen atoms in total. The highest BCUT2D eigenvalue weighted by atomic mass is 32.2. The summed E-state index contributed by atoms with van der Waals surface area (Å²) < 4.78 is 259. The molecule has 1 amide bonds. The molecule has 0 aliphatic carbocycles. The Kier molecular flexibility index (Phi) is 9.02. The van der Waals surface area contributed by atoms with Gasteiger partial charge in [-0.25, -0.2) is 17.9 Å². The number of hydrogen-bond donors (Lipinski definition) is 1. The number of hydrogen-bond acceptors (Lipinski definition) is 4. The highest BCUT2D eigenvalue weighted by molar-refractivity contribution is 7.90. The van der Waals surface area contributed by atoms with Crippen LogP contribution in [-0.4, -0.2) is 61.8 Å². The highest BCUT2D eigenvalue weighted by Gasteiger charge is 2.95. The fraction of sp³-hybridized carbons (Fsp3) is 0.632. The number of halogens is 17. The Labute approximate surface area is 223 Å². The van der Waals surface area contributed by atoms with Gasteiger partial charge in [-0.15, -0.1) is 0 Å². The van der Waals surface area contributed by atoms with Crippen molar-refractivity contribution in [3.8, 4) is 0 Å². The Hall–Kier alpha value is -2.75. The molecule has 0 saturated heterocycles. The second kappa shape index (κ2) is 10.2. The summed E-state index contributed by atoms with van der Waals surface area (Å²) >= 11 is 0. The Balaban J connectivity index is 3.70. The van der Waals surface area contributed by atoms with Crippen molar-refractivity contribution in [2.24, 2.45) is 0 Å². The van der Waals surface area contributed by atoms with Gasteiger partial charge in [-0.05, 0) is 32.9 Å². The molecule has 0 fully saturated rings. The van der Waals surface area contributed by atoms with Gasteiger partial charge in [-0.2, -0.15) is 74.6 Å². The second-order valence-electron chi connectivity index (χ2n) is 9.15. The summed E-state index contributed by atoms with van der Waals surface area (Å²) in [6.07, 6.45) is -9.72. The SMILES string of the molecule is CC(C)(C)OC(=O)NS(=O)(=O)c1cccc(C(F)(F)C(F)(F)C(F)(F)C(F)(F)C(F)(F)C(F)(F)C(F)(F)C(F)(F)F)c1. The summed E-state index contributed by atoms with van der Waals surface area (Å²) in [5, 5.41) is 0. The van der Waals surface area contributed by atoms with Gasteiger partial charge in [-0.3, -0.25) is 0 Å². The number of ether oxygens (including phenoxy) is 1. The molecule has 0 heterocycles. The zero-order valence-corrected chi connectivity index (χ0v) is 21.1. The van der Waals surface area contributed by atoms with Crippen LogP contribution in [0.4, 0.5) is 79.4 Å². The minimum atomic E-state index is -8.80. The summed E-state index contributed by atoms with van der Waals surface area (Å²) in [5.74, 6) is -58.1. The molecule has 42 heavy (non-hydrogen) atoms. The van der Waals surface area contributed by atoms with Crippen molar-refractivity contribution >= 4 is 16.1 Å². The van der Waals surface area contributed by atoms with Crippen molar-refractivity contribution in [3.63, 3.8) is 0 Å². The maximum absolute atomic E-state index is 14.5. The van der Waals surface area contributed by atoms with Crippen molar-refractivity contribution in [2.45, 2.75) is 78.9 Å². The molecule has 1 aromatic rings. The second-order valence-corrected chi connectivity index (χ2v) is 10.8. The number of alkyl halides is 17. The normalized spacial score (nSPS) is 15.4. The molecule has 0 radical (unpaired) electrons. The van der Waals surface area contributed by atoms with Crippen LogP contribution < -0.4 is 4.72 Å². The summed E-state index contributed by atoms with van der Waals surface area (Å²) in [6.45, 7) is 3.55. The minimum absolute atomic E-state index is 0.0197. The molecule has 244 valence electrons. The van der Waals surface area contributed by atoms with Crippen molar-refractivity contribution < 1.29 is 92.6 Å². The van der Waals surface area contributed by atoms with Crippen LogP contribution in [0.3, 0.4) is 0 Å². The van der Waals surface area contributed by atoms with Gasteiger partial charge in [0.1, 0.15) is 5.60 Å². The lowest BCUT2D eigenvalue weighted by molar-refractivity contribution is -0.462. The molecule has 0 saturated carbocycles. The molecule has 1 rings (SSSR count). The maximum atomic E-state index is 14.5. The lowest BCUT2D eigenvalue weighted by Gasteiger charge is -2.42. The van der Waals surface area contributed by atoms with Gasteiger partial charge in [0.05, 0.1) is 4.90 Å². The van der Waals surface area contributed by atoms with Gasteiger partial charge in [0.2, 0.25) is 0 Å². The maximum Gasteiger partial charge on any atom is 0.460 e. The molecule has 0 aliphatic rings. The number of nitrogens with one attached hydrogen (secondary N) is 1. The number of carbonyl (C=O) groups is 1. The Morgan fingerprint density at radius 3 is 1.40 bits per heavy atom. The predicted molar refractivity (Wildman–Crippen MR) is 103 cm³/mol. The molecule has 0 aliphatic heterocycles. The molecule has 0 unspecified atom stereocenters. The van der Waals surface area contributed by atoms with Gasteiger partial charge in [0, 0.05) is 5.56 Å². The van der Waals surface area contributed by atoms with Crippen LogP contribution in [0.1, 0.15) is 26.3 Å². The van der Waals surface area contributed by atoms with Crippen molar-refractivity contribution in [3.05, 3.63) is 29.8 Å². The molecule has 0 atom stereocenters.